The molecule has 0 amide bonds. The maximum Gasteiger partial charge on any atom is 0.152 e. The van der Waals surface area contributed by atoms with Crippen molar-refractivity contribution in [2.45, 2.75) is 19.9 Å². The normalized spacial score (nSPS) is 12.1. The zero-order valence-electron chi connectivity index (χ0n) is 11.6. The first-order valence-corrected chi connectivity index (χ1v) is 7.40. The number of pyridine rings is 1. The topological polar surface area (TPSA) is 34.1 Å². The lowest BCUT2D eigenvalue weighted by atomic mass is 10.1. The molecular formula is C15H16BrClN2O. The van der Waals surface area contributed by atoms with Gasteiger partial charge in [0.2, 0.25) is 0 Å². The standard InChI is InChI=1S/C15H16BrClN2O/c1-9-6-13(15(17)18-8-9)19-10(2)11-4-5-14(20-3)12(16)7-11/h4-8,10,19H,1-3H3. The number of methoxy groups -OCH3 is 1. The summed E-state index contributed by atoms with van der Waals surface area (Å²) in [5.74, 6) is 0.816. The van der Waals surface area contributed by atoms with Gasteiger partial charge in [-0.1, -0.05) is 17.7 Å². The van der Waals surface area contributed by atoms with E-state index in [-0.39, 0.29) is 6.04 Å². The van der Waals surface area contributed by atoms with E-state index in [2.05, 4.69) is 33.2 Å². The van der Waals surface area contributed by atoms with Crippen LogP contribution in [0.15, 0.2) is 34.9 Å². The number of rotatable bonds is 4. The minimum absolute atomic E-state index is 0.110. The fourth-order valence-corrected chi connectivity index (χ4v) is 2.64. The highest BCUT2D eigenvalue weighted by molar-refractivity contribution is 9.10. The molecule has 0 bridgehead atoms. The second kappa shape index (κ2) is 6.46. The van der Waals surface area contributed by atoms with Crippen LogP contribution in [0.5, 0.6) is 5.75 Å². The summed E-state index contributed by atoms with van der Waals surface area (Å²) in [6, 6.07) is 8.10. The van der Waals surface area contributed by atoms with Gasteiger partial charge in [-0.05, 0) is 59.1 Å². The highest BCUT2D eigenvalue weighted by Crippen LogP contribution is 2.30. The van der Waals surface area contributed by atoms with Crippen LogP contribution in [-0.4, -0.2) is 12.1 Å². The zero-order chi connectivity index (χ0) is 14.7. The van der Waals surface area contributed by atoms with Crippen molar-refractivity contribution in [3.8, 4) is 5.75 Å². The third kappa shape index (κ3) is 3.44. The fraction of sp³-hybridized carbons (Fsp3) is 0.267. The van der Waals surface area contributed by atoms with Crippen LogP contribution in [0, 0.1) is 6.92 Å². The Hall–Kier alpha value is -1.26. The van der Waals surface area contributed by atoms with Crippen LogP contribution in [0.2, 0.25) is 5.15 Å². The first kappa shape index (κ1) is 15.1. The minimum atomic E-state index is 0.110. The van der Waals surface area contributed by atoms with Gasteiger partial charge in [0.25, 0.3) is 0 Å². The van der Waals surface area contributed by atoms with Crippen molar-refractivity contribution in [3.63, 3.8) is 0 Å². The summed E-state index contributed by atoms with van der Waals surface area (Å²) in [5.41, 5.74) is 3.04. The minimum Gasteiger partial charge on any atom is -0.496 e. The lowest BCUT2D eigenvalue weighted by Crippen LogP contribution is -2.07. The Balaban J connectivity index is 2.21. The van der Waals surface area contributed by atoms with Gasteiger partial charge in [-0.15, -0.1) is 0 Å². The molecule has 20 heavy (non-hydrogen) atoms. The van der Waals surface area contributed by atoms with Gasteiger partial charge in [-0.25, -0.2) is 4.98 Å². The van der Waals surface area contributed by atoms with E-state index >= 15 is 0 Å². The molecule has 106 valence electrons. The first-order valence-electron chi connectivity index (χ1n) is 6.23. The van der Waals surface area contributed by atoms with E-state index in [4.69, 9.17) is 16.3 Å². The van der Waals surface area contributed by atoms with Gasteiger partial charge in [0.05, 0.1) is 17.3 Å². The number of aryl methyl sites for hydroxylation is 1. The van der Waals surface area contributed by atoms with Gasteiger partial charge in [0.1, 0.15) is 5.75 Å². The maximum atomic E-state index is 6.10. The smallest absolute Gasteiger partial charge is 0.152 e. The average Bonchev–Trinajstić information content (AvgIpc) is 2.42. The monoisotopic (exact) mass is 354 g/mol. The molecule has 1 N–H and O–H groups in total. The Kier molecular flexibility index (Phi) is 4.89. The van der Waals surface area contributed by atoms with Gasteiger partial charge in [0.15, 0.2) is 5.15 Å². The Bertz CT molecular complexity index is 619. The van der Waals surface area contributed by atoms with E-state index in [1.807, 2.05) is 31.2 Å². The van der Waals surface area contributed by atoms with Crippen LogP contribution in [0.3, 0.4) is 0 Å². The lowest BCUT2D eigenvalue weighted by Gasteiger charge is -2.17. The van der Waals surface area contributed by atoms with Crippen LogP contribution in [0.4, 0.5) is 5.69 Å². The number of aromatic nitrogens is 1. The van der Waals surface area contributed by atoms with Crippen LogP contribution in [0.1, 0.15) is 24.1 Å². The van der Waals surface area contributed by atoms with Crippen LogP contribution in [0.25, 0.3) is 0 Å². The van der Waals surface area contributed by atoms with Crippen LogP contribution < -0.4 is 10.1 Å². The van der Waals surface area contributed by atoms with Gasteiger partial charge in [-0.2, -0.15) is 0 Å². The highest BCUT2D eigenvalue weighted by atomic mass is 79.9. The molecule has 5 heteroatoms. The third-order valence-electron chi connectivity index (χ3n) is 3.02. The Morgan fingerprint density at radius 3 is 2.75 bits per heavy atom. The van der Waals surface area contributed by atoms with Crippen molar-refractivity contribution in [3.05, 3.63) is 51.2 Å². The molecule has 0 aliphatic carbocycles. The number of nitrogens with zero attached hydrogens (tertiary/aromatic N) is 1. The predicted molar refractivity (Wildman–Crippen MR) is 86.7 cm³/mol. The molecule has 2 rings (SSSR count). The summed E-state index contributed by atoms with van der Waals surface area (Å²) in [6.45, 7) is 4.07. The van der Waals surface area contributed by atoms with Gasteiger partial charge in [0, 0.05) is 12.2 Å². The van der Waals surface area contributed by atoms with Crippen LogP contribution in [-0.2, 0) is 0 Å². The van der Waals surface area contributed by atoms with Crippen molar-refractivity contribution in [2.75, 3.05) is 12.4 Å². The van der Waals surface area contributed by atoms with Crippen molar-refractivity contribution < 1.29 is 4.74 Å². The average molecular weight is 356 g/mol. The number of halogens is 2. The Morgan fingerprint density at radius 2 is 2.10 bits per heavy atom. The first-order chi connectivity index (χ1) is 9.51. The molecule has 0 saturated heterocycles. The van der Waals surface area contributed by atoms with Gasteiger partial charge in [-0.3, -0.25) is 0 Å². The quantitative estimate of drug-likeness (QED) is 0.785. The number of nitrogens with one attached hydrogen (secondary N) is 1. The Labute approximate surface area is 132 Å². The van der Waals surface area contributed by atoms with E-state index in [0.29, 0.717) is 5.15 Å². The van der Waals surface area contributed by atoms with Crippen molar-refractivity contribution in [2.24, 2.45) is 0 Å². The lowest BCUT2D eigenvalue weighted by molar-refractivity contribution is 0.412. The fourth-order valence-electron chi connectivity index (χ4n) is 1.92. The molecule has 1 heterocycles. The molecule has 2 aromatic rings. The summed E-state index contributed by atoms with van der Waals surface area (Å²) >= 11 is 9.60. The SMILES string of the molecule is COc1ccc(C(C)Nc2cc(C)cnc2Cl)cc1Br. The largest absolute Gasteiger partial charge is 0.496 e. The summed E-state index contributed by atoms with van der Waals surface area (Å²) in [5, 5.41) is 3.86. The van der Waals surface area contributed by atoms with Crippen molar-refractivity contribution in [1.29, 1.82) is 0 Å². The second-order valence-electron chi connectivity index (χ2n) is 4.61. The van der Waals surface area contributed by atoms with E-state index in [0.717, 1.165) is 27.0 Å². The molecule has 1 aromatic carbocycles. The summed E-state index contributed by atoms with van der Waals surface area (Å²) in [6.07, 6.45) is 1.75. The van der Waals surface area contributed by atoms with E-state index in [1.54, 1.807) is 13.3 Å². The molecule has 0 spiro atoms. The summed E-state index contributed by atoms with van der Waals surface area (Å²) in [7, 11) is 1.65. The molecule has 1 aromatic heterocycles. The van der Waals surface area contributed by atoms with E-state index < -0.39 is 0 Å². The van der Waals surface area contributed by atoms with E-state index in [1.165, 1.54) is 0 Å². The molecule has 0 aliphatic heterocycles. The third-order valence-corrected chi connectivity index (χ3v) is 3.94. The molecule has 0 radical (unpaired) electrons. The molecule has 1 atom stereocenters. The van der Waals surface area contributed by atoms with Crippen molar-refractivity contribution in [1.82, 2.24) is 4.98 Å². The number of anilines is 1. The zero-order valence-corrected chi connectivity index (χ0v) is 13.9. The highest BCUT2D eigenvalue weighted by Gasteiger charge is 2.10. The molecule has 0 fully saturated rings. The number of hydrogen-bond donors (Lipinski definition) is 1. The molecule has 1 unspecified atom stereocenters. The summed E-state index contributed by atoms with van der Waals surface area (Å²) in [4.78, 5) is 4.14. The number of hydrogen-bond acceptors (Lipinski definition) is 3. The van der Waals surface area contributed by atoms with Crippen molar-refractivity contribution >= 4 is 33.2 Å². The van der Waals surface area contributed by atoms with Gasteiger partial charge >= 0.3 is 0 Å². The van der Waals surface area contributed by atoms with Crippen LogP contribution >= 0.6 is 27.5 Å². The molecule has 0 saturated carbocycles. The molecule has 3 nitrogen and oxygen atoms in total. The van der Waals surface area contributed by atoms with Gasteiger partial charge < -0.3 is 10.1 Å². The summed E-state index contributed by atoms with van der Waals surface area (Å²) < 4.78 is 6.16. The van der Waals surface area contributed by atoms with E-state index in [9.17, 15) is 0 Å². The molecule has 0 aliphatic rings. The maximum absolute atomic E-state index is 6.10. The predicted octanol–water partition coefficient (Wildman–Crippen LogP) is 4.99. The second-order valence-corrected chi connectivity index (χ2v) is 5.82. The number of ether oxygens (including phenoxy) is 1. The number of benzene rings is 1. The Morgan fingerprint density at radius 1 is 1.35 bits per heavy atom. The molecular weight excluding hydrogens is 340 g/mol.